The van der Waals surface area contributed by atoms with Gasteiger partial charge in [0.2, 0.25) is 10.0 Å². The molecule has 0 aromatic carbocycles. The summed E-state index contributed by atoms with van der Waals surface area (Å²) < 4.78 is 26.5. The summed E-state index contributed by atoms with van der Waals surface area (Å²) in [6.45, 7) is 7.73. The molecule has 1 aliphatic rings. The monoisotopic (exact) mass is 262 g/mol. The minimum atomic E-state index is -3.32. The molecule has 4 nitrogen and oxygen atoms in total. The molecule has 0 atom stereocenters. The minimum Gasteiger partial charge on any atom is -0.329 e. The van der Waals surface area contributed by atoms with Gasteiger partial charge in [-0.3, -0.25) is 0 Å². The van der Waals surface area contributed by atoms with Crippen LogP contribution in [0.4, 0.5) is 0 Å². The van der Waals surface area contributed by atoms with Crippen molar-refractivity contribution in [2.45, 2.75) is 63.7 Å². The highest BCUT2D eigenvalue weighted by Crippen LogP contribution is 2.32. The van der Waals surface area contributed by atoms with Crippen molar-refractivity contribution in [3.8, 4) is 0 Å². The Hall–Kier alpha value is -0.130. The lowest BCUT2D eigenvalue weighted by Crippen LogP contribution is -2.58. The van der Waals surface area contributed by atoms with Crippen LogP contribution in [0.2, 0.25) is 0 Å². The number of nitrogens with one attached hydrogen (secondary N) is 1. The average molecular weight is 262 g/mol. The van der Waals surface area contributed by atoms with Gasteiger partial charge in [-0.2, -0.15) is 0 Å². The Morgan fingerprint density at radius 3 is 2.12 bits per heavy atom. The van der Waals surface area contributed by atoms with Crippen molar-refractivity contribution >= 4 is 10.0 Å². The molecule has 0 aromatic rings. The molecule has 102 valence electrons. The van der Waals surface area contributed by atoms with E-state index in [0.717, 1.165) is 25.7 Å². The predicted molar refractivity (Wildman–Crippen MR) is 71.2 cm³/mol. The molecule has 5 heteroatoms. The SMILES string of the molecule is CC1CCC(CN)(NS(=O)(=O)C(C)(C)C)CC1. The molecular formula is C12H26N2O2S. The van der Waals surface area contributed by atoms with Crippen LogP contribution < -0.4 is 10.5 Å². The quantitative estimate of drug-likeness (QED) is 0.811. The second-order valence-corrected chi connectivity index (χ2v) is 8.82. The molecule has 0 amide bonds. The van der Waals surface area contributed by atoms with E-state index in [1.165, 1.54) is 0 Å². The second kappa shape index (κ2) is 4.86. The Morgan fingerprint density at radius 1 is 1.29 bits per heavy atom. The summed E-state index contributed by atoms with van der Waals surface area (Å²) in [5.41, 5.74) is 5.39. The lowest BCUT2D eigenvalue weighted by molar-refractivity contribution is 0.230. The Morgan fingerprint density at radius 2 is 1.76 bits per heavy atom. The third-order valence-corrected chi connectivity index (χ3v) is 6.09. The zero-order valence-electron chi connectivity index (χ0n) is 11.4. The van der Waals surface area contributed by atoms with Gasteiger partial charge >= 0.3 is 0 Å². The number of rotatable bonds is 3. The van der Waals surface area contributed by atoms with Crippen LogP contribution in [0.5, 0.6) is 0 Å². The van der Waals surface area contributed by atoms with Crippen LogP contribution in [0.15, 0.2) is 0 Å². The minimum absolute atomic E-state index is 0.384. The van der Waals surface area contributed by atoms with E-state index in [1.807, 2.05) is 0 Å². The van der Waals surface area contributed by atoms with Gasteiger partial charge in [0.1, 0.15) is 0 Å². The van der Waals surface area contributed by atoms with Gasteiger partial charge in [-0.05, 0) is 52.4 Å². The Kier molecular flexibility index (Phi) is 4.27. The highest BCUT2D eigenvalue weighted by Gasteiger charge is 2.40. The van der Waals surface area contributed by atoms with Crippen LogP contribution in [0, 0.1) is 5.92 Å². The van der Waals surface area contributed by atoms with E-state index in [4.69, 9.17) is 5.73 Å². The molecule has 0 unspecified atom stereocenters. The van der Waals surface area contributed by atoms with Crippen LogP contribution in [-0.2, 0) is 10.0 Å². The highest BCUT2D eigenvalue weighted by atomic mass is 32.2. The molecule has 1 saturated carbocycles. The molecule has 0 saturated heterocycles. The van der Waals surface area contributed by atoms with Crippen LogP contribution in [0.25, 0.3) is 0 Å². The topological polar surface area (TPSA) is 72.2 Å². The van der Waals surface area contributed by atoms with Gasteiger partial charge < -0.3 is 5.73 Å². The van der Waals surface area contributed by atoms with Gasteiger partial charge in [-0.25, -0.2) is 13.1 Å². The largest absolute Gasteiger partial charge is 0.329 e. The first-order chi connectivity index (χ1) is 7.62. The van der Waals surface area contributed by atoms with Gasteiger partial charge in [-0.15, -0.1) is 0 Å². The lowest BCUT2D eigenvalue weighted by Gasteiger charge is -2.40. The zero-order valence-corrected chi connectivity index (χ0v) is 12.2. The van der Waals surface area contributed by atoms with Crippen LogP contribution in [0.1, 0.15) is 53.4 Å². The number of hydrogen-bond acceptors (Lipinski definition) is 3. The van der Waals surface area contributed by atoms with E-state index in [2.05, 4.69) is 11.6 Å². The fourth-order valence-electron chi connectivity index (χ4n) is 2.10. The van der Waals surface area contributed by atoms with Gasteiger partial charge in [0.25, 0.3) is 0 Å². The summed E-state index contributed by atoms with van der Waals surface area (Å²) in [4.78, 5) is 0. The summed E-state index contributed by atoms with van der Waals surface area (Å²) in [5.74, 6) is 0.675. The van der Waals surface area contributed by atoms with Crippen LogP contribution >= 0.6 is 0 Å². The smallest absolute Gasteiger partial charge is 0.217 e. The first-order valence-electron chi connectivity index (χ1n) is 6.35. The normalized spacial score (nSPS) is 31.5. The van der Waals surface area contributed by atoms with Gasteiger partial charge in [0.15, 0.2) is 0 Å². The molecule has 0 radical (unpaired) electrons. The van der Waals surface area contributed by atoms with Crippen molar-refractivity contribution in [2.75, 3.05) is 6.54 Å². The molecule has 0 aliphatic heterocycles. The van der Waals surface area contributed by atoms with E-state index < -0.39 is 20.3 Å². The standard InChI is InChI=1S/C12H26N2O2S/c1-10-5-7-12(9-13,8-6-10)14-17(15,16)11(2,3)4/h10,14H,5-9,13H2,1-4H3. The molecule has 0 spiro atoms. The summed E-state index contributed by atoms with van der Waals surface area (Å²) in [5, 5.41) is 0. The summed E-state index contributed by atoms with van der Waals surface area (Å²) in [6.07, 6.45) is 3.79. The molecule has 17 heavy (non-hydrogen) atoms. The van der Waals surface area contributed by atoms with Gasteiger partial charge in [0.05, 0.1) is 4.75 Å². The predicted octanol–water partition coefficient (Wildman–Crippen LogP) is 1.61. The van der Waals surface area contributed by atoms with E-state index >= 15 is 0 Å². The maximum atomic E-state index is 12.2. The summed E-state index contributed by atoms with van der Waals surface area (Å²) >= 11 is 0. The second-order valence-electron chi connectivity index (χ2n) is 6.38. The number of sulfonamides is 1. The fraction of sp³-hybridized carbons (Fsp3) is 1.00. The average Bonchev–Trinajstić information content (AvgIpc) is 2.20. The number of hydrogen-bond donors (Lipinski definition) is 2. The van der Waals surface area contributed by atoms with Crippen LogP contribution in [0.3, 0.4) is 0 Å². The van der Waals surface area contributed by atoms with Crippen molar-refractivity contribution in [1.82, 2.24) is 4.72 Å². The maximum Gasteiger partial charge on any atom is 0.217 e. The van der Waals surface area contributed by atoms with Crippen LogP contribution in [-0.4, -0.2) is 25.2 Å². The van der Waals surface area contributed by atoms with E-state index in [1.54, 1.807) is 20.8 Å². The molecule has 1 fully saturated rings. The molecular weight excluding hydrogens is 236 g/mol. The highest BCUT2D eigenvalue weighted by molar-refractivity contribution is 7.90. The molecule has 0 bridgehead atoms. The molecule has 0 heterocycles. The molecule has 1 rings (SSSR count). The van der Waals surface area contributed by atoms with E-state index in [0.29, 0.717) is 12.5 Å². The molecule has 1 aliphatic carbocycles. The van der Waals surface area contributed by atoms with Crippen molar-refractivity contribution in [2.24, 2.45) is 11.7 Å². The lowest BCUT2D eigenvalue weighted by atomic mass is 9.78. The van der Waals surface area contributed by atoms with E-state index in [-0.39, 0.29) is 0 Å². The Bertz CT molecular complexity index is 349. The number of nitrogens with two attached hydrogens (primary N) is 1. The van der Waals surface area contributed by atoms with Crippen molar-refractivity contribution in [3.05, 3.63) is 0 Å². The van der Waals surface area contributed by atoms with Crippen molar-refractivity contribution in [1.29, 1.82) is 0 Å². The molecule has 3 N–H and O–H groups in total. The van der Waals surface area contributed by atoms with Crippen molar-refractivity contribution in [3.63, 3.8) is 0 Å². The first-order valence-corrected chi connectivity index (χ1v) is 7.84. The van der Waals surface area contributed by atoms with Crippen molar-refractivity contribution < 1.29 is 8.42 Å². The van der Waals surface area contributed by atoms with Gasteiger partial charge in [0, 0.05) is 12.1 Å². The maximum absolute atomic E-state index is 12.2. The Balaban J connectivity index is 2.84. The summed E-state index contributed by atoms with van der Waals surface area (Å²) in [7, 11) is -3.32. The first kappa shape index (κ1) is 14.9. The third-order valence-electron chi connectivity index (χ3n) is 3.78. The van der Waals surface area contributed by atoms with Gasteiger partial charge in [-0.1, -0.05) is 6.92 Å². The summed E-state index contributed by atoms with van der Waals surface area (Å²) in [6, 6.07) is 0. The zero-order chi connectivity index (χ0) is 13.3. The third kappa shape index (κ3) is 3.42. The Labute approximate surface area is 105 Å². The fourth-order valence-corrected chi connectivity index (χ4v) is 3.26. The molecule has 0 aromatic heterocycles. The van der Waals surface area contributed by atoms with E-state index in [9.17, 15) is 8.42 Å².